The molecule has 0 aromatic heterocycles. The summed E-state index contributed by atoms with van der Waals surface area (Å²) >= 11 is 0. The zero-order valence-electron chi connectivity index (χ0n) is 43.6. The van der Waals surface area contributed by atoms with Crippen molar-refractivity contribution in [2.45, 2.75) is 289 Å². The Labute approximate surface area is 409 Å². The number of esters is 1. The fraction of sp³-hybridized carbons (Fsp3) is 0.767. The molecule has 0 aromatic carbocycles. The average molecular weight is 923 g/mol. The van der Waals surface area contributed by atoms with E-state index in [9.17, 15) is 19.8 Å². The fourth-order valence-electron chi connectivity index (χ4n) is 8.28. The number of amides is 1. The molecular weight excluding hydrogens is 815 g/mol. The van der Waals surface area contributed by atoms with Gasteiger partial charge in [0.2, 0.25) is 5.91 Å². The van der Waals surface area contributed by atoms with E-state index in [2.05, 4.69) is 99.0 Å². The first-order chi connectivity index (χ1) is 32.5. The van der Waals surface area contributed by atoms with Gasteiger partial charge in [-0.2, -0.15) is 0 Å². The van der Waals surface area contributed by atoms with Crippen LogP contribution in [0.15, 0.2) is 72.9 Å². The molecular formula is C60H107NO5. The summed E-state index contributed by atoms with van der Waals surface area (Å²) < 4.78 is 5.93. The number of hydrogen-bond donors (Lipinski definition) is 3. The molecule has 0 aliphatic rings. The van der Waals surface area contributed by atoms with Gasteiger partial charge in [0.1, 0.15) is 6.10 Å². The summed E-state index contributed by atoms with van der Waals surface area (Å²) in [6, 6.07) is -0.720. The lowest BCUT2D eigenvalue weighted by Gasteiger charge is -2.24. The van der Waals surface area contributed by atoms with Crippen molar-refractivity contribution in [1.82, 2.24) is 5.32 Å². The summed E-state index contributed by atoms with van der Waals surface area (Å²) in [5.74, 6) is -0.524. The van der Waals surface area contributed by atoms with Crippen LogP contribution >= 0.6 is 0 Å². The summed E-state index contributed by atoms with van der Waals surface area (Å²) in [5, 5.41) is 23.9. The lowest BCUT2D eigenvalue weighted by Crippen LogP contribution is -2.46. The van der Waals surface area contributed by atoms with Gasteiger partial charge >= 0.3 is 5.97 Å². The molecule has 382 valence electrons. The highest BCUT2D eigenvalue weighted by atomic mass is 16.5. The standard InChI is InChI=1S/C60H107NO5/c1-4-7-10-13-16-19-22-25-28-31-34-37-40-43-46-49-52-58(63)57(55-62)61-59(64)54-56(51-48-45-42-39-36-33-30-27-24-21-18-15-12-9-6-3)66-60(65)53-50-47-44-41-38-35-32-29-26-23-20-17-14-11-8-5-2/h8,11,17-18,20-21,26-27,29-30,36,39,56-58,62-63H,4-7,9-10,12-16,19,22-25,28,31-35,37-38,40-55H2,1-3H3,(H,61,64)/b11-8+,20-17+,21-18-,29-26+,30-27-,39-36-. The molecule has 0 bridgehead atoms. The smallest absolute Gasteiger partial charge is 0.306 e. The van der Waals surface area contributed by atoms with Crippen LogP contribution in [0.2, 0.25) is 0 Å². The Morgan fingerprint density at radius 3 is 1.29 bits per heavy atom. The molecule has 0 heterocycles. The molecule has 0 saturated heterocycles. The molecule has 3 N–H and O–H groups in total. The quantitative estimate of drug-likeness (QED) is 0.0321. The Kier molecular flexibility index (Phi) is 51.1. The van der Waals surface area contributed by atoms with Gasteiger partial charge in [-0.1, -0.05) is 235 Å². The van der Waals surface area contributed by atoms with E-state index in [0.29, 0.717) is 19.3 Å². The summed E-state index contributed by atoms with van der Waals surface area (Å²) in [6.07, 6.45) is 68.2. The van der Waals surface area contributed by atoms with Gasteiger partial charge in [0, 0.05) is 6.42 Å². The Bertz CT molecular complexity index is 1220. The van der Waals surface area contributed by atoms with E-state index in [1.807, 2.05) is 0 Å². The number of aliphatic hydroxyl groups excluding tert-OH is 2. The van der Waals surface area contributed by atoms with E-state index in [1.54, 1.807) is 0 Å². The molecule has 0 aromatic rings. The number of allylic oxidation sites excluding steroid dienone is 12. The van der Waals surface area contributed by atoms with E-state index in [0.717, 1.165) is 96.3 Å². The number of nitrogens with one attached hydrogen (secondary N) is 1. The number of carbonyl (C=O) groups is 2. The van der Waals surface area contributed by atoms with E-state index >= 15 is 0 Å². The maximum absolute atomic E-state index is 13.3. The maximum Gasteiger partial charge on any atom is 0.306 e. The molecule has 0 aliphatic heterocycles. The molecule has 3 atom stereocenters. The minimum absolute atomic E-state index is 0.0444. The predicted molar refractivity (Wildman–Crippen MR) is 287 cm³/mol. The van der Waals surface area contributed by atoms with Crippen LogP contribution in [0.1, 0.15) is 271 Å². The molecule has 0 radical (unpaired) electrons. The van der Waals surface area contributed by atoms with Gasteiger partial charge in [-0.05, 0) is 96.3 Å². The van der Waals surface area contributed by atoms with E-state index in [4.69, 9.17) is 4.74 Å². The summed E-state index contributed by atoms with van der Waals surface area (Å²) in [7, 11) is 0. The second kappa shape index (κ2) is 53.3. The lowest BCUT2D eigenvalue weighted by atomic mass is 10.0. The Morgan fingerprint density at radius 2 is 0.818 bits per heavy atom. The second-order valence-corrected chi connectivity index (χ2v) is 19.0. The van der Waals surface area contributed by atoms with Gasteiger partial charge in [-0.3, -0.25) is 9.59 Å². The second-order valence-electron chi connectivity index (χ2n) is 19.0. The molecule has 1 amide bonds. The van der Waals surface area contributed by atoms with Crippen molar-refractivity contribution in [2.75, 3.05) is 6.61 Å². The first-order valence-corrected chi connectivity index (χ1v) is 28.2. The first-order valence-electron chi connectivity index (χ1n) is 28.2. The van der Waals surface area contributed by atoms with Crippen molar-refractivity contribution in [3.8, 4) is 0 Å². The topological polar surface area (TPSA) is 95.9 Å². The third kappa shape index (κ3) is 47.8. The highest BCUT2D eigenvalue weighted by molar-refractivity contribution is 5.77. The van der Waals surface area contributed by atoms with Crippen LogP contribution in [0, 0.1) is 0 Å². The molecule has 3 unspecified atom stereocenters. The van der Waals surface area contributed by atoms with E-state index in [1.165, 1.54) is 128 Å². The minimum Gasteiger partial charge on any atom is -0.462 e. The van der Waals surface area contributed by atoms with Gasteiger partial charge < -0.3 is 20.3 Å². The minimum atomic E-state index is -0.804. The number of rotatable bonds is 50. The molecule has 0 fully saturated rings. The molecule has 0 spiro atoms. The number of unbranched alkanes of at least 4 members (excludes halogenated alkanes) is 26. The monoisotopic (exact) mass is 922 g/mol. The third-order valence-corrected chi connectivity index (χ3v) is 12.5. The van der Waals surface area contributed by atoms with E-state index < -0.39 is 18.2 Å². The largest absolute Gasteiger partial charge is 0.462 e. The number of aliphatic hydroxyl groups is 2. The van der Waals surface area contributed by atoms with Crippen LogP contribution in [0.3, 0.4) is 0 Å². The van der Waals surface area contributed by atoms with Crippen molar-refractivity contribution >= 4 is 11.9 Å². The molecule has 6 nitrogen and oxygen atoms in total. The number of ether oxygens (including phenoxy) is 1. The Balaban J connectivity index is 4.63. The Morgan fingerprint density at radius 1 is 0.455 bits per heavy atom. The Hall–Kier alpha value is -2.70. The van der Waals surface area contributed by atoms with Gasteiger partial charge in [0.05, 0.1) is 25.2 Å². The molecule has 6 heteroatoms. The maximum atomic E-state index is 13.3. The van der Waals surface area contributed by atoms with Crippen molar-refractivity contribution < 1.29 is 24.5 Å². The molecule has 0 saturated carbocycles. The normalized spacial score (nSPS) is 13.7. The predicted octanol–water partition coefficient (Wildman–Crippen LogP) is 17.3. The van der Waals surface area contributed by atoms with Crippen molar-refractivity contribution in [3.05, 3.63) is 72.9 Å². The van der Waals surface area contributed by atoms with Gasteiger partial charge in [0.25, 0.3) is 0 Å². The fourth-order valence-corrected chi connectivity index (χ4v) is 8.28. The highest BCUT2D eigenvalue weighted by Crippen LogP contribution is 2.18. The first kappa shape index (κ1) is 63.3. The van der Waals surface area contributed by atoms with Crippen LogP contribution in [-0.2, 0) is 14.3 Å². The molecule has 66 heavy (non-hydrogen) atoms. The van der Waals surface area contributed by atoms with Gasteiger partial charge in [-0.15, -0.1) is 0 Å². The summed E-state index contributed by atoms with van der Waals surface area (Å²) in [4.78, 5) is 26.2. The van der Waals surface area contributed by atoms with Crippen molar-refractivity contribution in [3.63, 3.8) is 0 Å². The van der Waals surface area contributed by atoms with Crippen LogP contribution < -0.4 is 5.32 Å². The summed E-state index contributed by atoms with van der Waals surface area (Å²) in [6.45, 7) is 6.35. The lowest BCUT2D eigenvalue weighted by molar-refractivity contribution is -0.151. The zero-order valence-corrected chi connectivity index (χ0v) is 43.6. The van der Waals surface area contributed by atoms with Crippen molar-refractivity contribution in [2.24, 2.45) is 0 Å². The van der Waals surface area contributed by atoms with Crippen LogP contribution in [0.25, 0.3) is 0 Å². The SMILES string of the molecule is CC/C=C/C/C=C/C/C=C/CCCCCCCCC(=O)OC(CCCC/C=C\C/C=C\C/C=C\CCCCC)CC(=O)NC(CO)C(O)CCCCCCCCCCCCCCCCCC. The third-order valence-electron chi connectivity index (χ3n) is 12.5. The van der Waals surface area contributed by atoms with Crippen LogP contribution in [0.4, 0.5) is 0 Å². The molecule has 0 aliphatic carbocycles. The van der Waals surface area contributed by atoms with Gasteiger partial charge in [-0.25, -0.2) is 0 Å². The highest BCUT2D eigenvalue weighted by Gasteiger charge is 2.24. The van der Waals surface area contributed by atoms with Crippen LogP contribution in [-0.4, -0.2) is 46.9 Å². The van der Waals surface area contributed by atoms with E-state index in [-0.39, 0.29) is 24.9 Å². The zero-order chi connectivity index (χ0) is 48.1. The number of hydrogen-bond acceptors (Lipinski definition) is 5. The van der Waals surface area contributed by atoms with Crippen LogP contribution in [0.5, 0.6) is 0 Å². The average Bonchev–Trinajstić information content (AvgIpc) is 3.31. The van der Waals surface area contributed by atoms with Crippen molar-refractivity contribution in [1.29, 1.82) is 0 Å². The number of carbonyl (C=O) groups excluding carboxylic acids is 2. The molecule has 0 rings (SSSR count). The van der Waals surface area contributed by atoms with Gasteiger partial charge in [0.15, 0.2) is 0 Å². The summed E-state index contributed by atoms with van der Waals surface area (Å²) in [5.41, 5.74) is 0.